The van der Waals surface area contributed by atoms with E-state index in [1.165, 1.54) is 0 Å². The van der Waals surface area contributed by atoms with E-state index in [2.05, 4.69) is 25.1 Å². The molecular formula is C36H62O49S6. The minimum atomic E-state index is -5.93. The topological polar surface area (TPSA) is 766 Å². The third-order valence-corrected chi connectivity index (χ3v) is 16.3. The number of hydrogen-bond acceptors (Lipinski definition) is 43. The van der Waals surface area contributed by atoms with Crippen molar-refractivity contribution in [2.75, 3.05) is 39.6 Å². The van der Waals surface area contributed by atoms with E-state index in [0.29, 0.717) is 0 Å². The molecule has 0 bridgehead atoms. The van der Waals surface area contributed by atoms with E-state index in [4.69, 9.17) is 61.2 Å². The molecule has 0 saturated carbocycles. The number of hydrogen-bond donors (Lipinski definition) is 20. The summed E-state index contributed by atoms with van der Waals surface area (Å²) >= 11 is 0. The Bertz CT molecular complexity index is 3070. The Kier molecular flexibility index (Phi) is 26.6. The average molecular weight is 1470 g/mol. The highest BCUT2D eigenvalue weighted by molar-refractivity contribution is 7.82. The van der Waals surface area contributed by atoms with Gasteiger partial charge in [-0.1, -0.05) is 0 Å². The van der Waals surface area contributed by atoms with Crippen LogP contribution in [0.3, 0.4) is 0 Å². The largest absolute Gasteiger partial charge is 0.397 e. The normalized spacial score (nSPS) is 43.5. The highest BCUT2D eigenvalue weighted by atomic mass is 32.3. The second-order valence-corrected chi connectivity index (χ2v) is 26.3. The first-order valence-corrected chi connectivity index (χ1v) is 33.3. The maximum atomic E-state index is 12.3. The SMILES string of the molecule is O=S(=O)(O)OC[C@H]1O[C@H](O[C@H]2[C@H](O)[C@@H](O)[C@H](O[C@H]3[C@H](O)[C@@H](O)[C@H](O[C@H]4[C@H](O)[C@@H](OS(=O)(=O)O)[C@@H](O[C@H]5O[C@H](CO)[C@@H](O[C@H]6O[C@H](COS(=O)(=O)O)[C@@H](O)[C@H](O)[C@H]6O)[C@H](OS(=O)(=O)O)[C@H]5O)O[C@@H]4CO)O[C@@H]3COS(=O)(=O)O)O[C@@H]2COS(=O)(=O)O)[C@H](O)[C@@H](O)[C@@H]1O. The van der Waals surface area contributed by atoms with Crippen LogP contribution in [-0.2, 0) is 140 Å². The Morgan fingerprint density at radius 2 is 0.505 bits per heavy atom. The molecule has 49 nitrogen and oxygen atoms in total. The van der Waals surface area contributed by atoms with Gasteiger partial charge in [-0.05, 0) is 0 Å². The van der Waals surface area contributed by atoms with Gasteiger partial charge in [-0.3, -0.25) is 27.3 Å². The molecule has 20 N–H and O–H groups in total. The predicted molar refractivity (Wildman–Crippen MR) is 262 cm³/mol. The number of ether oxygens (including phenoxy) is 11. The minimum Gasteiger partial charge on any atom is -0.394 e. The highest BCUT2D eigenvalue weighted by Crippen LogP contribution is 2.38. The zero-order valence-corrected chi connectivity index (χ0v) is 49.7. The minimum absolute atomic E-state index is 1.30. The molecule has 91 heavy (non-hydrogen) atoms. The number of rotatable bonds is 28. The van der Waals surface area contributed by atoms with Gasteiger partial charge in [-0.25, -0.2) is 25.1 Å². The Labute approximate surface area is 511 Å². The molecule has 536 valence electrons. The van der Waals surface area contributed by atoms with Crippen LogP contribution in [0.4, 0.5) is 0 Å². The van der Waals surface area contributed by atoms with E-state index in [1.807, 2.05) is 0 Å². The summed E-state index contributed by atoms with van der Waals surface area (Å²) < 4.78 is 282. The predicted octanol–water partition coefficient (Wildman–Crippen LogP) is -15.1. The molecule has 6 heterocycles. The van der Waals surface area contributed by atoms with Gasteiger partial charge in [0.1, 0.15) is 140 Å². The van der Waals surface area contributed by atoms with Gasteiger partial charge < -0.3 is 124 Å². The van der Waals surface area contributed by atoms with Crippen molar-refractivity contribution in [3.63, 3.8) is 0 Å². The third kappa shape index (κ3) is 21.1. The first kappa shape index (κ1) is 78.2. The van der Waals surface area contributed by atoms with Crippen molar-refractivity contribution in [3.8, 4) is 0 Å². The Hall–Kier alpha value is -1.78. The summed E-state index contributed by atoms with van der Waals surface area (Å²) in [6.45, 7) is -8.65. The fourth-order valence-corrected chi connectivity index (χ4v) is 11.7. The third-order valence-electron chi connectivity index (χ3n) is 13.6. The van der Waals surface area contributed by atoms with Gasteiger partial charge in [0.2, 0.25) is 0 Å². The van der Waals surface area contributed by atoms with Crippen molar-refractivity contribution in [1.29, 1.82) is 0 Å². The maximum Gasteiger partial charge on any atom is 0.397 e. The van der Waals surface area contributed by atoms with Crippen molar-refractivity contribution in [2.45, 2.75) is 184 Å². The molecule has 0 unspecified atom stereocenters. The Morgan fingerprint density at radius 3 is 0.846 bits per heavy atom. The summed E-state index contributed by atoms with van der Waals surface area (Å²) in [7, 11) is -33.4. The van der Waals surface area contributed by atoms with Crippen molar-refractivity contribution in [2.24, 2.45) is 0 Å². The van der Waals surface area contributed by atoms with E-state index in [0.717, 1.165) is 0 Å². The van der Waals surface area contributed by atoms with Gasteiger partial charge in [0.15, 0.2) is 43.8 Å². The van der Waals surface area contributed by atoms with E-state index in [9.17, 15) is 140 Å². The van der Waals surface area contributed by atoms with Crippen LogP contribution >= 0.6 is 0 Å². The van der Waals surface area contributed by atoms with E-state index in [-0.39, 0.29) is 0 Å². The first-order chi connectivity index (χ1) is 41.7. The van der Waals surface area contributed by atoms with Crippen LogP contribution in [0.15, 0.2) is 0 Å². The van der Waals surface area contributed by atoms with Gasteiger partial charge in [-0.2, -0.15) is 50.5 Å². The molecule has 0 aromatic carbocycles. The molecule has 0 aromatic heterocycles. The molecule has 0 amide bonds. The van der Waals surface area contributed by atoms with E-state index < -0.39 is 286 Å². The van der Waals surface area contributed by atoms with Crippen LogP contribution in [0, 0.1) is 0 Å². The zero-order valence-electron chi connectivity index (χ0n) is 44.8. The fourth-order valence-electron chi connectivity index (χ4n) is 9.47. The molecular weight excluding hydrogens is 1410 g/mol. The van der Waals surface area contributed by atoms with Gasteiger partial charge in [0.05, 0.1) is 39.6 Å². The van der Waals surface area contributed by atoms with Crippen molar-refractivity contribution in [3.05, 3.63) is 0 Å². The summed E-state index contributed by atoms with van der Waals surface area (Å²) in [5.41, 5.74) is 0. The van der Waals surface area contributed by atoms with Crippen LogP contribution < -0.4 is 0 Å². The van der Waals surface area contributed by atoms with E-state index in [1.54, 1.807) is 0 Å². The van der Waals surface area contributed by atoms with Gasteiger partial charge in [0.25, 0.3) is 0 Å². The second-order valence-electron chi connectivity index (χ2n) is 19.9. The standard InChI is InChI=1S/C36H62O49S6/c37-1-7-25(23(49)30(85-91(66,67)68)36(74-7)83-35-24(50)29(84-90(63,64)65)28(8(2-38)73-35)82-32-20(46)16(42)14(40)10(76-32)4-70-87(54,55)56)79-33-21(47)17(43)27(12(77-33)6-72-89(60,61)62)81-34-22(48)18(44)26(11(78-34)5-71-88(57,58)59)80-31-19(45)15(41)13(39)9(75-31)3-69-86(51,52)53/h7-50H,1-6H2,(H,51,52,53)(H,54,55,56)(H,57,58,59)(H,60,61,62)(H,63,64,65)(H,66,67,68)/t7-,8-,9-,10-,11-,12-,13-,14-,15+,16+,17-,18-,19-,20-,21-,22-,23+,24-,25-,26-,27-,28-,29-,30-,31-,32-,33+,34+,35-,36-/m1/s1. The summed E-state index contributed by atoms with van der Waals surface area (Å²) in [5.74, 6) is 0. The monoisotopic (exact) mass is 1470 g/mol. The average Bonchev–Trinajstić information content (AvgIpc) is 0.852. The lowest BCUT2D eigenvalue weighted by molar-refractivity contribution is -0.402. The smallest absolute Gasteiger partial charge is 0.394 e. The summed E-state index contributed by atoms with van der Waals surface area (Å²) in [6.07, 6.45) is -74.3. The van der Waals surface area contributed by atoms with E-state index >= 15 is 0 Å². The van der Waals surface area contributed by atoms with Gasteiger partial charge >= 0.3 is 62.4 Å². The summed E-state index contributed by atoms with van der Waals surface area (Å²) in [6, 6.07) is 0. The molecule has 6 aliphatic heterocycles. The molecule has 0 spiro atoms. The van der Waals surface area contributed by atoms with Crippen LogP contribution in [0.5, 0.6) is 0 Å². The van der Waals surface area contributed by atoms with Crippen molar-refractivity contribution < 1.29 is 227 Å². The molecule has 0 aliphatic carbocycles. The lowest BCUT2D eigenvalue weighted by Gasteiger charge is -2.50. The lowest BCUT2D eigenvalue weighted by atomic mass is 9.95. The van der Waals surface area contributed by atoms with Crippen LogP contribution in [0.25, 0.3) is 0 Å². The lowest BCUT2D eigenvalue weighted by Crippen LogP contribution is -2.68. The molecule has 6 rings (SSSR count). The molecule has 6 saturated heterocycles. The van der Waals surface area contributed by atoms with Crippen LogP contribution in [0.1, 0.15) is 0 Å². The van der Waals surface area contributed by atoms with Crippen LogP contribution in [-0.4, -0.2) is 373 Å². The Balaban J connectivity index is 1.24. The fraction of sp³-hybridized carbons (Fsp3) is 1.00. The quantitative estimate of drug-likeness (QED) is 0.0324. The molecule has 6 aliphatic rings. The van der Waals surface area contributed by atoms with Gasteiger partial charge in [0, 0.05) is 0 Å². The zero-order chi connectivity index (χ0) is 68.6. The van der Waals surface area contributed by atoms with Crippen molar-refractivity contribution in [1.82, 2.24) is 0 Å². The first-order valence-electron chi connectivity index (χ1n) is 25.1. The molecule has 55 heteroatoms. The second kappa shape index (κ2) is 31.0. The molecule has 30 atom stereocenters. The molecule has 0 radical (unpaired) electrons. The van der Waals surface area contributed by atoms with Gasteiger partial charge in [-0.15, -0.1) is 0 Å². The molecule has 0 aromatic rings. The molecule has 6 fully saturated rings. The number of aliphatic hydroxyl groups is 14. The highest BCUT2D eigenvalue weighted by Gasteiger charge is 2.59. The van der Waals surface area contributed by atoms with Crippen molar-refractivity contribution >= 4 is 62.4 Å². The maximum absolute atomic E-state index is 12.3. The number of aliphatic hydroxyl groups excluding tert-OH is 14. The summed E-state index contributed by atoms with van der Waals surface area (Å²) in [4.78, 5) is 0. The Morgan fingerprint density at radius 1 is 0.242 bits per heavy atom. The summed E-state index contributed by atoms with van der Waals surface area (Å²) in [5, 5.41) is 152. The van der Waals surface area contributed by atoms with Crippen LogP contribution in [0.2, 0.25) is 0 Å².